The van der Waals surface area contributed by atoms with Gasteiger partial charge >= 0.3 is 6.09 Å². The number of rotatable bonds is 6. The second kappa shape index (κ2) is 9.94. The third-order valence-electron chi connectivity index (χ3n) is 5.51. The number of thiophene rings is 1. The van der Waals surface area contributed by atoms with E-state index in [1.807, 2.05) is 48.7 Å². The number of nitrogens with zero attached hydrogens (tertiary/aromatic N) is 2. The molecule has 1 saturated heterocycles. The van der Waals surface area contributed by atoms with E-state index in [-0.39, 0.29) is 17.9 Å². The van der Waals surface area contributed by atoms with Crippen molar-refractivity contribution >= 4 is 23.1 Å². The Labute approximate surface area is 186 Å². The van der Waals surface area contributed by atoms with Gasteiger partial charge < -0.3 is 15.0 Å². The van der Waals surface area contributed by atoms with Crippen LogP contribution in [0.2, 0.25) is 0 Å². The smallest absolute Gasteiger partial charge is 0.410 e. The van der Waals surface area contributed by atoms with Crippen LogP contribution in [-0.4, -0.2) is 43.2 Å². The first kappa shape index (κ1) is 21.3. The molecule has 1 aliphatic heterocycles. The van der Waals surface area contributed by atoms with Crippen molar-refractivity contribution in [2.45, 2.75) is 19.0 Å². The van der Waals surface area contributed by atoms with E-state index < -0.39 is 6.09 Å². The predicted octanol–water partition coefficient (Wildman–Crippen LogP) is 4.93. The molecule has 4 rings (SSSR count). The van der Waals surface area contributed by atoms with E-state index in [4.69, 9.17) is 4.74 Å². The summed E-state index contributed by atoms with van der Waals surface area (Å²) in [4.78, 5) is 18.1. The Hall–Kier alpha value is -2.90. The lowest BCUT2D eigenvalue weighted by Crippen LogP contribution is -2.52. The molecule has 7 heteroatoms. The lowest BCUT2D eigenvalue weighted by atomic mass is 10.0. The number of hydrogen-bond donors (Lipinski definition) is 1. The zero-order valence-electron chi connectivity index (χ0n) is 17.4. The first-order valence-electron chi connectivity index (χ1n) is 10.4. The van der Waals surface area contributed by atoms with Gasteiger partial charge in [0.1, 0.15) is 11.6 Å². The van der Waals surface area contributed by atoms with Gasteiger partial charge in [0.2, 0.25) is 0 Å². The monoisotopic (exact) mass is 439 g/mol. The van der Waals surface area contributed by atoms with Gasteiger partial charge in [0.25, 0.3) is 0 Å². The normalized spacial score (nSPS) is 16.5. The van der Waals surface area contributed by atoms with E-state index in [1.165, 1.54) is 10.9 Å². The van der Waals surface area contributed by atoms with Gasteiger partial charge in [0, 0.05) is 37.1 Å². The minimum absolute atomic E-state index is 0.0195. The van der Waals surface area contributed by atoms with Gasteiger partial charge in [0.15, 0.2) is 0 Å². The molecule has 2 heterocycles. The van der Waals surface area contributed by atoms with Crippen LogP contribution in [-0.2, 0) is 0 Å². The number of amides is 1. The van der Waals surface area contributed by atoms with Crippen molar-refractivity contribution in [3.63, 3.8) is 0 Å². The molecule has 5 nitrogen and oxygen atoms in total. The fraction of sp³-hybridized carbons (Fsp3) is 0.292. The van der Waals surface area contributed by atoms with Crippen LogP contribution < -0.4 is 15.0 Å². The van der Waals surface area contributed by atoms with Crippen molar-refractivity contribution in [2.75, 3.05) is 31.1 Å². The van der Waals surface area contributed by atoms with E-state index in [0.29, 0.717) is 11.4 Å². The number of para-hydroxylation sites is 2. The van der Waals surface area contributed by atoms with Crippen molar-refractivity contribution in [1.82, 2.24) is 10.2 Å². The second-order valence-electron chi connectivity index (χ2n) is 7.57. The number of benzene rings is 2. The Balaban J connectivity index is 1.42. The van der Waals surface area contributed by atoms with Crippen LogP contribution in [0.5, 0.6) is 5.75 Å². The summed E-state index contributed by atoms with van der Waals surface area (Å²) in [6, 6.07) is 19.9. The van der Waals surface area contributed by atoms with Gasteiger partial charge in [-0.05, 0) is 42.6 Å². The largest absolute Gasteiger partial charge is 0.412 e. The molecule has 0 radical (unpaired) electrons. The summed E-state index contributed by atoms with van der Waals surface area (Å²) in [6.45, 7) is 5.00. The topological polar surface area (TPSA) is 44.8 Å². The van der Waals surface area contributed by atoms with E-state index in [2.05, 4.69) is 21.2 Å². The number of piperazine rings is 1. The molecule has 1 fully saturated rings. The average molecular weight is 440 g/mol. The minimum Gasteiger partial charge on any atom is -0.410 e. The van der Waals surface area contributed by atoms with Crippen LogP contribution in [0, 0.1) is 5.82 Å². The molecular weight excluding hydrogens is 413 g/mol. The SMILES string of the molecule is C[C@H](NC(=O)Oc1ccccc1)[C@@H](c1cccs1)N1CCN(c2ccccc2F)CC1. The molecule has 1 aliphatic rings. The average Bonchev–Trinajstić information content (AvgIpc) is 3.30. The zero-order chi connectivity index (χ0) is 21.6. The number of carbonyl (C=O) groups is 1. The van der Waals surface area contributed by atoms with Crippen molar-refractivity contribution in [2.24, 2.45) is 0 Å². The fourth-order valence-corrected chi connectivity index (χ4v) is 5.01. The Bertz CT molecular complexity index is 976. The number of hydrogen-bond acceptors (Lipinski definition) is 5. The number of halogens is 1. The summed E-state index contributed by atoms with van der Waals surface area (Å²) in [6.07, 6.45) is -0.467. The maximum Gasteiger partial charge on any atom is 0.412 e. The first-order valence-corrected chi connectivity index (χ1v) is 11.3. The highest BCUT2D eigenvalue weighted by molar-refractivity contribution is 7.10. The predicted molar refractivity (Wildman–Crippen MR) is 122 cm³/mol. The van der Waals surface area contributed by atoms with Gasteiger partial charge in [-0.25, -0.2) is 9.18 Å². The van der Waals surface area contributed by atoms with Crippen LogP contribution in [0.4, 0.5) is 14.9 Å². The highest BCUT2D eigenvalue weighted by Crippen LogP contribution is 2.30. The Morgan fingerprint density at radius 2 is 1.71 bits per heavy atom. The molecule has 0 saturated carbocycles. The lowest BCUT2D eigenvalue weighted by Gasteiger charge is -2.42. The Morgan fingerprint density at radius 3 is 2.39 bits per heavy atom. The van der Waals surface area contributed by atoms with Gasteiger partial charge in [-0.1, -0.05) is 36.4 Å². The number of carbonyl (C=O) groups excluding carboxylic acids is 1. The van der Waals surface area contributed by atoms with Crippen LogP contribution in [0.25, 0.3) is 0 Å². The summed E-state index contributed by atoms with van der Waals surface area (Å²) in [7, 11) is 0. The van der Waals surface area contributed by atoms with Gasteiger partial charge in [-0.2, -0.15) is 0 Å². The van der Waals surface area contributed by atoms with E-state index in [1.54, 1.807) is 29.5 Å². The number of anilines is 1. The standard InChI is InChI=1S/C24H26FN3O2S/c1-18(26-24(29)30-19-8-3-2-4-9-19)23(22-12-7-17-31-22)28-15-13-27(14-16-28)21-11-6-5-10-20(21)25/h2-12,17-18,23H,13-16H2,1H3,(H,26,29)/t18-,23-/m0/s1. The molecule has 3 aromatic rings. The molecule has 1 aromatic heterocycles. The summed E-state index contributed by atoms with van der Waals surface area (Å²) < 4.78 is 19.6. The zero-order valence-corrected chi connectivity index (χ0v) is 18.2. The maximum absolute atomic E-state index is 14.2. The van der Waals surface area contributed by atoms with E-state index in [0.717, 1.165) is 26.2 Å². The molecule has 31 heavy (non-hydrogen) atoms. The molecule has 0 bridgehead atoms. The molecule has 2 aromatic carbocycles. The van der Waals surface area contributed by atoms with Crippen LogP contribution in [0.3, 0.4) is 0 Å². The van der Waals surface area contributed by atoms with Crippen molar-refractivity contribution in [3.05, 3.63) is 82.8 Å². The van der Waals surface area contributed by atoms with E-state index >= 15 is 0 Å². The van der Waals surface area contributed by atoms with Crippen molar-refractivity contribution in [1.29, 1.82) is 0 Å². The van der Waals surface area contributed by atoms with Gasteiger partial charge in [-0.3, -0.25) is 4.90 Å². The Morgan fingerprint density at radius 1 is 1.00 bits per heavy atom. The summed E-state index contributed by atoms with van der Waals surface area (Å²) >= 11 is 1.68. The van der Waals surface area contributed by atoms with Crippen LogP contribution >= 0.6 is 11.3 Å². The quantitative estimate of drug-likeness (QED) is 0.592. The number of ether oxygens (including phenoxy) is 1. The lowest BCUT2D eigenvalue weighted by molar-refractivity contribution is 0.146. The Kier molecular flexibility index (Phi) is 6.84. The molecule has 2 atom stereocenters. The first-order chi connectivity index (χ1) is 15.1. The molecule has 0 spiro atoms. The minimum atomic E-state index is -0.467. The van der Waals surface area contributed by atoms with Gasteiger partial charge in [-0.15, -0.1) is 11.3 Å². The van der Waals surface area contributed by atoms with Crippen LogP contribution in [0.1, 0.15) is 17.8 Å². The molecule has 0 unspecified atom stereocenters. The molecular formula is C24H26FN3O2S. The maximum atomic E-state index is 14.2. The second-order valence-corrected chi connectivity index (χ2v) is 8.55. The number of nitrogens with one attached hydrogen (secondary N) is 1. The summed E-state index contributed by atoms with van der Waals surface area (Å²) in [5, 5.41) is 5.04. The molecule has 1 N–H and O–H groups in total. The fourth-order valence-electron chi connectivity index (χ4n) is 4.04. The van der Waals surface area contributed by atoms with E-state index in [9.17, 15) is 9.18 Å². The van der Waals surface area contributed by atoms with Crippen molar-refractivity contribution < 1.29 is 13.9 Å². The third kappa shape index (κ3) is 5.24. The molecule has 0 aliphatic carbocycles. The third-order valence-corrected chi connectivity index (χ3v) is 6.45. The highest BCUT2D eigenvalue weighted by atomic mass is 32.1. The molecule has 162 valence electrons. The van der Waals surface area contributed by atoms with Gasteiger partial charge in [0.05, 0.1) is 11.7 Å². The van der Waals surface area contributed by atoms with Crippen LogP contribution in [0.15, 0.2) is 72.1 Å². The van der Waals surface area contributed by atoms with Crippen molar-refractivity contribution in [3.8, 4) is 5.75 Å². The summed E-state index contributed by atoms with van der Waals surface area (Å²) in [5.74, 6) is 0.322. The summed E-state index contributed by atoms with van der Waals surface area (Å²) in [5.41, 5.74) is 0.646. The molecule has 1 amide bonds. The highest BCUT2D eigenvalue weighted by Gasteiger charge is 2.31.